The molecule has 3 heteroatoms. The predicted molar refractivity (Wildman–Crippen MR) is 65.3 cm³/mol. The molecule has 1 unspecified atom stereocenters. The van der Waals surface area contributed by atoms with E-state index in [1.165, 1.54) is 26.4 Å². The van der Waals surface area contributed by atoms with Gasteiger partial charge >= 0.3 is 5.97 Å². The highest BCUT2D eigenvalue weighted by Crippen LogP contribution is 2.34. The van der Waals surface area contributed by atoms with Crippen molar-refractivity contribution < 1.29 is 9.53 Å². The number of ether oxygens (including phenoxy) is 1. The Kier molecular flexibility index (Phi) is 4.78. The van der Waals surface area contributed by atoms with Crippen molar-refractivity contribution in [3.63, 3.8) is 0 Å². The maximum atomic E-state index is 11.2. The third kappa shape index (κ3) is 3.48. The molecule has 0 saturated carbocycles. The van der Waals surface area contributed by atoms with Gasteiger partial charge in [-0.05, 0) is 38.3 Å². The fourth-order valence-electron chi connectivity index (χ4n) is 2.31. The molecule has 16 heavy (non-hydrogen) atoms. The summed E-state index contributed by atoms with van der Waals surface area (Å²) < 4.78 is 4.71. The van der Waals surface area contributed by atoms with E-state index in [9.17, 15) is 4.79 Å². The number of piperidine rings is 1. The average molecular weight is 227 g/mol. The largest absolute Gasteiger partial charge is 0.469 e. The summed E-state index contributed by atoms with van der Waals surface area (Å²) >= 11 is 0. The lowest BCUT2D eigenvalue weighted by Gasteiger charge is -2.41. The second kappa shape index (κ2) is 5.67. The van der Waals surface area contributed by atoms with Crippen LogP contribution in [0.5, 0.6) is 0 Å². The van der Waals surface area contributed by atoms with Gasteiger partial charge in [0.05, 0.1) is 13.5 Å². The molecule has 1 fully saturated rings. The van der Waals surface area contributed by atoms with E-state index in [4.69, 9.17) is 4.74 Å². The van der Waals surface area contributed by atoms with Crippen molar-refractivity contribution in [3.8, 4) is 0 Å². The van der Waals surface area contributed by atoms with E-state index >= 15 is 0 Å². The first kappa shape index (κ1) is 13.5. The van der Waals surface area contributed by atoms with E-state index in [-0.39, 0.29) is 5.97 Å². The molecule has 1 saturated heterocycles. The normalized spacial score (nSPS) is 22.8. The van der Waals surface area contributed by atoms with Gasteiger partial charge in [-0.15, -0.1) is 0 Å². The van der Waals surface area contributed by atoms with Crippen molar-refractivity contribution in [2.24, 2.45) is 5.41 Å². The molecule has 0 aliphatic carbocycles. The van der Waals surface area contributed by atoms with Crippen molar-refractivity contribution in [2.75, 3.05) is 20.2 Å². The summed E-state index contributed by atoms with van der Waals surface area (Å²) in [6.45, 7) is 8.99. The minimum absolute atomic E-state index is 0.101. The summed E-state index contributed by atoms with van der Waals surface area (Å²) in [5.41, 5.74) is 0.515. The van der Waals surface area contributed by atoms with Crippen molar-refractivity contribution >= 4 is 5.97 Å². The summed E-state index contributed by atoms with van der Waals surface area (Å²) in [5, 5.41) is 0. The molecule has 0 aromatic rings. The van der Waals surface area contributed by atoms with Crippen molar-refractivity contribution in [3.05, 3.63) is 0 Å². The van der Waals surface area contributed by atoms with E-state index in [1.807, 2.05) is 0 Å². The highest BCUT2D eigenvalue weighted by atomic mass is 16.5. The Morgan fingerprint density at radius 1 is 1.44 bits per heavy atom. The van der Waals surface area contributed by atoms with E-state index in [0.717, 1.165) is 13.1 Å². The molecule has 1 aliphatic heterocycles. The molecule has 1 aliphatic rings. The fraction of sp³-hybridized carbons (Fsp3) is 0.923. The van der Waals surface area contributed by atoms with Crippen LogP contribution in [-0.4, -0.2) is 37.1 Å². The number of rotatable bonds is 4. The van der Waals surface area contributed by atoms with Crippen LogP contribution in [-0.2, 0) is 9.53 Å². The van der Waals surface area contributed by atoms with Crippen molar-refractivity contribution in [1.29, 1.82) is 0 Å². The van der Waals surface area contributed by atoms with Gasteiger partial charge in [-0.1, -0.05) is 20.3 Å². The standard InChI is InChI=1S/C13H25NO2/c1-5-13(3)6-8-14(9-7-13)11(2)10-12(15)16-4/h11H,5-10H2,1-4H3. The van der Waals surface area contributed by atoms with Crippen LogP contribution >= 0.6 is 0 Å². The van der Waals surface area contributed by atoms with Crippen LogP contribution in [0, 0.1) is 5.41 Å². The van der Waals surface area contributed by atoms with E-state index in [0.29, 0.717) is 17.9 Å². The Balaban J connectivity index is 2.38. The van der Waals surface area contributed by atoms with Crippen LogP contribution in [0.2, 0.25) is 0 Å². The zero-order valence-corrected chi connectivity index (χ0v) is 11.1. The number of hydrogen-bond acceptors (Lipinski definition) is 3. The van der Waals surface area contributed by atoms with Gasteiger partial charge in [0.2, 0.25) is 0 Å². The molecule has 0 amide bonds. The van der Waals surface area contributed by atoms with Gasteiger partial charge in [0.1, 0.15) is 0 Å². The number of carbonyl (C=O) groups is 1. The van der Waals surface area contributed by atoms with Crippen LogP contribution < -0.4 is 0 Å². The molecular formula is C13H25NO2. The smallest absolute Gasteiger partial charge is 0.307 e. The summed E-state index contributed by atoms with van der Waals surface area (Å²) in [7, 11) is 1.46. The Hall–Kier alpha value is -0.570. The summed E-state index contributed by atoms with van der Waals surface area (Å²) in [5.74, 6) is -0.101. The lowest BCUT2D eigenvalue weighted by atomic mass is 9.78. The maximum Gasteiger partial charge on any atom is 0.307 e. The highest BCUT2D eigenvalue weighted by molar-refractivity contribution is 5.69. The summed E-state index contributed by atoms with van der Waals surface area (Å²) in [4.78, 5) is 13.6. The topological polar surface area (TPSA) is 29.5 Å². The molecule has 1 heterocycles. The minimum Gasteiger partial charge on any atom is -0.469 e. The summed E-state index contributed by atoms with van der Waals surface area (Å²) in [6, 6.07) is 0.314. The van der Waals surface area contributed by atoms with E-state index in [2.05, 4.69) is 25.7 Å². The SMILES string of the molecule is CCC1(C)CCN(C(C)CC(=O)OC)CC1. The highest BCUT2D eigenvalue weighted by Gasteiger charge is 2.30. The van der Waals surface area contributed by atoms with Gasteiger partial charge in [-0.2, -0.15) is 0 Å². The monoisotopic (exact) mass is 227 g/mol. The lowest BCUT2D eigenvalue weighted by Crippen LogP contribution is -2.43. The summed E-state index contributed by atoms with van der Waals surface area (Å²) in [6.07, 6.45) is 4.26. The van der Waals surface area contributed by atoms with E-state index in [1.54, 1.807) is 0 Å². The molecule has 0 spiro atoms. The molecule has 94 valence electrons. The average Bonchev–Trinajstić information content (AvgIpc) is 2.29. The number of esters is 1. The van der Waals surface area contributed by atoms with Gasteiger partial charge in [-0.3, -0.25) is 4.79 Å². The molecule has 0 aromatic carbocycles. The zero-order chi connectivity index (χ0) is 12.2. The van der Waals surface area contributed by atoms with Gasteiger partial charge in [-0.25, -0.2) is 0 Å². The third-order valence-corrected chi connectivity index (χ3v) is 4.17. The number of hydrogen-bond donors (Lipinski definition) is 0. The van der Waals surface area contributed by atoms with Gasteiger partial charge in [0.25, 0.3) is 0 Å². The molecule has 1 atom stereocenters. The molecule has 3 nitrogen and oxygen atoms in total. The Bertz CT molecular complexity index is 232. The molecular weight excluding hydrogens is 202 g/mol. The minimum atomic E-state index is -0.101. The molecule has 0 radical (unpaired) electrons. The second-order valence-corrected chi connectivity index (χ2v) is 5.33. The first-order valence-electron chi connectivity index (χ1n) is 6.31. The zero-order valence-electron chi connectivity index (χ0n) is 11.1. The van der Waals surface area contributed by atoms with Crippen LogP contribution in [0.15, 0.2) is 0 Å². The molecule has 0 aromatic heterocycles. The molecule has 0 bridgehead atoms. The van der Waals surface area contributed by atoms with Crippen LogP contribution in [0.25, 0.3) is 0 Å². The van der Waals surface area contributed by atoms with Crippen LogP contribution in [0.1, 0.15) is 46.5 Å². The number of carbonyl (C=O) groups excluding carboxylic acids is 1. The number of methoxy groups -OCH3 is 1. The first-order chi connectivity index (χ1) is 7.50. The van der Waals surface area contributed by atoms with Gasteiger partial charge in [0, 0.05) is 6.04 Å². The van der Waals surface area contributed by atoms with Crippen LogP contribution in [0.4, 0.5) is 0 Å². The van der Waals surface area contributed by atoms with E-state index < -0.39 is 0 Å². The third-order valence-electron chi connectivity index (χ3n) is 4.17. The van der Waals surface area contributed by atoms with Crippen molar-refractivity contribution in [1.82, 2.24) is 4.90 Å². The Morgan fingerprint density at radius 2 is 2.00 bits per heavy atom. The Labute approximate surface area is 99.1 Å². The fourth-order valence-corrected chi connectivity index (χ4v) is 2.31. The molecule has 1 rings (SSSR count). The Morgan fingerprint density at radius 3 is 2.44 bits per heavy atom. The number of nitrogens with zero attached hydrogens (tertiary/aromatic N) is 1. The quantitative estimate of drug-likeness (QED) is 0.691. The first-order valence-corrected chi connectivity index (χ1v) is 6.31. The molecule has 0 N–H and O–H groups in total. The number of likely N-dealkylation sites (tertiary alicyclic amines) is 1. The van der Waals surface area contributed by atoms with Gasteiger partial charge in [0.15, 0.2) is 0 Å². The van der Waals surface area contributed by atoms with Crippen LogP contribution in [0.3, 0.4) is 0 Å². The second-order valence-electron chi connectivity index (χ2n) is 5.33. The lowest BCUT2D eigenvalue weighted by molar-refractivity contribution is -0.142. The predicted octanol–water partition coefficient (Wildman–Crippen LogP) is 2.45. The maximum absolute atomic E-state index is 11.2. The van der Waals surface area contributed by atoms with Gasteiger partial charge < -0.3 is 9.64 Å². The van der Waals surface area contributed by atoms with Crippen molar-refractivity contribution in [2.45, 2.75) is 52.5 Å².